The number of anilines is 1. The average molecular weight is 261 g/mol. The third-order valence-corrected chi connectivity index (χ3v) is 3.86. The molecule has 0 atom stereocenters. The van der Waals surface area contributed by atoms with Gasteiger partial charge in [0, 0.05) is 24.3 Å². The molecule has 0 aliphatic carbocycles. The molecule has 0 saturated heterocycles. The molecule has 1 amide bonds. The number of nitrogens with zero attached hydrogens (tertiary/aromatic N) is 1. The van der Waals surface area contributed by atoms with Crippen molar-refractivity contribution in [2.75, 3.05) is 26.0 Å². The standard InChI is InChI=1S/C15H23N3O/c1-15(2,10-16-3)18(4)9-11-5-6-13-12(7-11)8-14(19)17-13/h5-7,16H,8-10H2,1-4H3,(H,17,19). The third kappa shape index (κ3) is 3.14. The zero-order valence-electron chi connectivity index (χ0n) is 12.2. The highest BCUT2D eigenvalue weighted by Gasteiger charge is 2.23. The first-order valence-electron chi connectivity index (χ1n) is 6.70. The summed E-state index contributed by atoms with van der Waals surface area (Å²) in [6.45, 7) is 6.27. The van der Waals surface area contributed by atoms with E-state index in [9.17, 15) is 4.79 Å². The van der Waals surface area contributed by atoms with E-state index >= 15 is 0 Å². The summed E-state index contributed by atoms with van der Waals surface area (Å²) in [6, 6.07) is 6.24. The lowest BCUT2D eigenvalue weighted by Gasteiger charge is -2.35. The quantitative estimate of drug-likeness (QED) is 0.846. The van der Waals surface area contributed by atoms with E-state index in [0.29, 0.717) is 6.42 Å². The minimum atomic E-state index is 0.0935. The number of amides is 1. The van der Waals surface area contributed by atoms with E-state index < -0.39 is 0 Å². The normalized spacial score (nSPS) is 14.7. The van der Waals surface area contributed by atoms with E-state index in [0.717, 1.165) is 24.3 Å². The van der Waals surface area contributed by atoms with E-state index in [4.69, 9.17) is 0 Å². The molecule has 2 rings (SSSR count). The molecule has 1 aliphatic rings. The summed E-state index contributed by atoms with van der Waals surface area (Å²) in [5.74, 6) is 0.0935. The average Bonchev–Trinajstić information content (AvgIpc) is 2.68. The summed E-state index contributed by atoms with van der Waals surface area (Å²) in [7, 11) is 4.11. The maximum absolute atomic E-state index is 11.3. The van der Waals surface area contributed by atoms with Crippen LogP contribution in [0.4, 0.5) is 5.69 Å². The molecule has 0 spiro atoms. The van der Waals surface area contributed by atoms with Crippen LogP contribution in [0.2, 0.25) is 0 Å². The van der Waals surface area contributed by atoms with Gasteiger partial charge in [-0.15, -0.1) is 0 Å². The maximum Gasteiger partial charge on any atom is 0.228 e. The van der Waals surface area contributed by atoms with E-state index in [2.05, 4.69) is 48.6 Å². The maximum atomic E-state index is 11.3. The number of benzene rings is 1. The lowest BCUT2D eigenvalue weighted by molar-refractivity contribution is -0.115. The molecule has 0 saturated carbocycles. The molecule has 1 aromatic rings. The zero-order valence-corrected chi connectivity index (χ0v) is 12.2. The number of rotatable bonds is 5. The fourth-order valence-electron chi connectivity index (χ4n) is 2.44. The Balaban J connectivity index is 2.08. The molecule has 0 fully saturated rings. The highest BCUT2D eigenvalue weighted by molar-refractivity contribution is 5.99. The highest BCUT2D eigenvalue weighted by Crippen LogP contribution is 2.25. The zero-order chi connectivity index (χ0) is 14.0. The van der Waals surface area contributed by atoms with Gasteiger partial charge in [0.2, 0.25) is 5.91 Å². The second-order valence-corrected chi connectivity index (χ2v) is 5.92. The molecule has 0 unspecified atom stereocenters. The fraction of sp³-hybridized carbons (Fsp3) is 0.533. The second kappa shape index (κ2) is 5.31. The fourth-order valence-corrected chi connectivity index (χ4v) is 2.44. The van der Waals surface area contributed by atoms with Crippen LogP contribution in [0.1, 0.15) is 25.0 Å². The third-order valence-electron chi connectivity index (χ3n) is 3.86. The Morgan fingerprint density at radius 3 is 2.84 bits per heavy atom. The topological polar surface area (TPSA) is 44.4 Å². The van der Waals surface area contributed by atoms with Crippen molar-refractivity contribution in [3.8, 4) is 0 Å². The van der Waals surface area contributed by atoms with Crippen LogP contribution in [0.5, 0.6) is 0 Å². The van der Waals surface area contributed by atoms with Gasteiger partial charge in [0.25, 0.3) is 0 Å². The SMILES string of the molecule is CNCC(C)(C)N(C)Cc1ccc2c(c1)CC(=O)N2. The smallest absolute Gasteiger partial charge is 0.228 e. The van der Waals surface area contributed by atoms with Crippen molar-refractivity contribution in [1.82, 2.24) is 10.2 Å². The summed E-state index contributed by atoms with van der Waals surface area (Å²) < 4.78 is 0. The van der Waals surface area contributed by atoms with Gasteiger partial charge < -0.3 is 10.6 Å². The monoisotopic (exact) mass is 261 g/mol. The molecule has 4 heteroatoms. The Morgan fingerprint density at radius 2 is 2.16 bits per heavy atom. The van der Waals surface area contributed by atoms with Crippen LogP contribution in [0.25, 0.3) is 0 Å². The molecular formula is C15H23N3O. The van der Waals surface area contributed by atoms with Crippen LogP contribution >= 0.6 is 0 Å². The highest BCUT2D eigenvalue weighted by atomic mass is 16.1. The van der Waals surface area contributed by atoms with E-state index in [1.807, 2.05) is 13.1 Å². The van der Waals surface area contributed by atoms with Gasteiger partial charge in [-0.1, -0.05) is 12.1 Å². The van der Waals surface area contributed by atoms with Crippen molar-refractivity contribution in [1.29, 1.82) is 0 Å². The van der Waals surface area contributed by atoms with Gasteiger partial charge in [0.15, 0.2) is 0 Å². The van der Waals surface area contributed by atoms with Gasteiger partial charge in [-0.05, 0) is 45.1 Å². The second-order valence-electron chi connectivity index (χ2n) is 5.92. The van der Waals surface area contributed by atoms with Crippen LogP contribution in [-0.2, 0) is 17.8 Å². The van der Waals surface area contributed by atoms with Gasteiger partial charge in [0.05, 0.1) is 6.42 Å². The molecule has 0 radical (unpaired) electrons. The Kier molecular flexibility index (Phi) is 3.92. The molecule has 104 valence electrons. The van der Waals surface area contributed by atoms with Gasteiger partial charge in [-0.3, -0.25) is 9.69 Å². The van der Waals surface area contributed by atoms with Gasteiger partial charge >= 0.3 is 0 Å². The van der Waals surface area contributed by atoms with Crippen molar-refractivity contribution in [2.45, 2.75) is 32.4 Å². The number of likely N-dealkylation sites (N-methyl/N-ethyl adjacent to an activating group) is 2. The lowest BCUT2D eigenvalue weighted by Crippen LogP contribution is -2.47. The number of hydrogen-bond donors (Lipinski definition) is 2. The van der Waals surface area contributed by atoms with E-state index in [1.165, 1.54) is 5.56 Å². The number of nitrogens with one attached hydrogen (secondary N) is 2. The molecule has 0 bridgehead atoms. The van der Waals surface area contributed by atoms with Gasteiger partial charge in [0.1, 0.15) is 0 Å². The first kappa shape index (κ1) is 14.0. The summed E-state index contributed by atoms with van der Waals surface area (Å²) in [6.07, 6.45) is 0.507. The first-order chi connectivity index (χ1) is 8.92. The summed E-state index contributed by atoms with van der Waals surface area (Å²) in [5, 5.41) is 6.09. The van der Waals surface area contributed by atoms with Crippen LogP contribution < -0.4 is 10.6 Å². The number of carbonyl (C=O) groups is 1. The summed E-state index contributed by atoms with van der Waals surface area (Å²) in [4.78, 5) is 13.7. The van der Waals surface area contributed by atoms with Crippen LogP contribution in [0, 0.1) is 0 Å². The van der Waals surface area contributed by atoms with Gasteiger partial charge in [-0.25, -0.2) is 0 Å². The summed E-state index contributed by atoms with van der Waals surface area (Å²) in [5.41, 5.74) is 3.43. The lowest BCUT2D eigenvalue weighted by atomic mass is 10.0. The van der Waals surface area contributed by atoms with Crippen molar-refractivity contribution >= 4 is 11.6 Å². The van der Waals surface area contributed by atoms with Crippen LogP contribution in [0.15, 0.2) is 18.2 Å². The largest absolute Gasteiger partial charge is 0.326 e. The Bertz CT molecular complexity index is 482. The number of carbonyl (C=O) groups excluding carboxylic acids is 1. The summed E-state index contributed by atoms with van der Waals surface area (Å²) >= 11 is 0. The molecule has 4 nitrogen and oxygen atoms in total. The van der Waals surface area contributed by atoms with E-state index in [1.54, 1.807) is 0 Å². The predicted molar refractivity (Wildman–Crippen MR) is 78.2 cm³/mol. The van der Waals surface area contributed by atoms with Crippen molar-refractivity contribution in [3.63, 3.8) is 0 Å². The van der Waals surface area contributed by atoms with Gasteiger partial charge in [-0.2, -0.15) is 0 Å². The molecule has 0 aromatic heterocycles. The molecule has 1 aliphatic heterocycles. The van der Waals surface area contributed by atoms with Crippen molar-refractivity contribution in [3.05, 3.63) is 29.3 Å². The molecule has 19 heavy (non-hydrogen) atoms. The number of fused-ring (bicyclic) bond motifs is 1. The van der Waals surface area contributed by atoms with Crippen molar-refractivity contribution < 1.29 is 4.79 Å². The van der Waals surface area contributed by atoms with Crippen LogP contribution in [-0.4, -0.2) is 37.0 Å². The number of hydrogen-bond acceptors (Lipinski definition) is 3. The predicted octanol–water partition coefficient (Wildman–Crippen LogP) is 1.61. The first-order valence-corrected chi connectivity index (χ1v) is 6.70. The Labute approximate surface area is 115 Å². The minimum absolute atomic E-state index is 0.0935. The van der Waals surface area contributed by atoms with Crippen LogP contribution in [0.3, 0.4) is 0 Å². The Morgan fingerprint density at radius 1 is 1.42 bits per heavy atom. The van der Waals surface area contributed by atoms with Crippen molar-refractivity contribution in [2.24, 2.45) is 0 Å². The molecular weight excluding hydrogens is 238 g/mol. The van der Waals surface area contributed by atoms with E-state index in [-0.39, 0.29) is 11.4 Å². The minimum Gasteiger partial charge on any atom is -0.326 e. The molecule has 1 aromatic carbocycles. The Hall–Kier alpha value is -1.39. The molecule has 2 N–H and O–H groups in total. The molecule has 1 heterocycles.